The van der Waals surface area contributed by atoms with Gasteiger partial charge in [-0.25, -0.2) is 0 Å². The molecule has 0 bridgehead atoms. The molecule has 0 unspecified atom stereocenters. The van der Waals surface area contributed by atoms with E-state index in [1.54, 1.807) is 27.1 Å². The van der Waals surface area contributed by atoms with Crippen molar-refractivity contribution in [1.82, 2.24) is 0 Å². The van der Waals surface area contributed by atoms with Crippen LogP contribution in [0.2, 0.25) is 0 Å². The maximum atomic E-state index is 10.5. The summed E-state index contributed by atoms with van der Waals surface area (Å²) in [5.74, 6) is -1.61. The Kier molecular flexibility index (Phi) is 10.7. The molecular formula is C8H15O4Ti. The van der Waals surface area contributed by atoms with E-state index in [2.05, 4.69) is 0 Å². The van der Waals surface area contributed by atoms with Gasteiger partial charge in [-0.1, -0.05) is 0 Å². The van der Waals surface area contributed by atoms with E-state index in [1.807, 2.05) is 0 Å². The molecule has 0 atom stereocenters. The van der Waals surface area contributed by atoms with Crippen LogP contribution < -0.4 is 0 Å². The Morgan fingerprint density at radius 1 is 1.00 bits per heavy atom. The molecule has 0 saturated carbocycles. The minimum Gasteiger partial charge on any atom is -0.321 e. The topological polar surface area (TPSA) is 44.8 Å². The standard InChI is InChI=1S/C8H15O4.Ti/c1-4-10-8(7-9,11-5-2)12-6-3;/h4-6H2,1-3H3;. The summed E-state index contributed by atoms with van der Waals surface area (Å²) in [4.78, 5) is 10.5. The molecule has 0 aromatic rings. The van der Waals surface area contributed by atoms with Gasteiger partial charge in [-0.15, -0.1) is 0 Å². The Balaban J connectivity index is 0. The molecule has 0 aliphatic heterocycles. The van der Waals surface area contributed by atoms with Crippen molar-refractivity contribution >= 4 is 6.29 Å². The van der Waals surface area contributed by atoms with Crippen LogP contribution in [0.25, 0.3) is 0 Å². The van der Waals surface area contributed by atoms with Crippen molar-refractivity contribution in [1.29, 1.82) is 0 Å². The van der Waals surface area contributed by atoms with Crippen molar-refractivity contribution in [3.8, 4) is 0 Å². The van der Waals surface area contributed by atoms with E-state index in [0.29, 0.717) is 19.8 Å². The van der Waals surface area contributed by atoms with Crippen LogP contribution in [-0.4, -0.2) is 32.1 Å². The first-order valence-electron chi connectivity index (χ1n) is 4.05. The van der Waals surface area contributed by atoms with Crippen LogP contribution in [0.1, 0.15) is 20.8 Å². The maximum Gasteiger partial charge on any atom is 0.355 e. The zero-order valence-electron chi connectivity index (χ0n) is 8.25. The fraction of sp³-hybridized carbons (Fsp3) is 0.875. The summed E-state index contributed by atoms with van der Waals surface area (Å²) >= 11 is 0. The number of ether oxygens (including phenoxy) is 3. The zero-order chi connectivity index (χ0) is 9.45. The van der Waals surface area contributed by atoms with Crippen molar-refractivity contribution < 1.29 is 40.7 Å². The van der Waals surface area contributed by atoms with Gasteiger partial charge < -0.3 is 14.2 Å². The van der Waals surface area contributed by atoms with Crippen LogP contribution in [0.5, 0.6) is 0 Å². The van der Waals surface area contributed by atoms with Gasteiger partial charge in [-0.05, 0) is 20.8 Å². The first-order valence-corrected chi connectivity index (χ1v) is 4.05. The fourth-order valence-corrected chi connectivity index (χ4v) is 0.783. The largest absolute Gasteiger partial charge is 0.355 e. The molecular weight excluding hydrogens is 208 g/mol. The molecule has 0 aliphatic rings. The smallest absolute Gasteiger partial charge is 0.321 e. The van der Waals surface area contributed by atoms with Crippen LogP contribution in [0, 0.1) is 0 Å². The fourth-order valence-electron chi connectivity index (χ4n) is 0.783. The molecule has 0 spiro atoms. The van der Waals surface area contributed by atoms with Crippen molar-refractivity contribution in [3.05, 3.63) is 0 Å². The first-order chi connectivity index (χ1) is 5.74. The normalized spacial score (nSPS) is 10.7. The van der Waals surface area contributed by atoms with Gasteiger partial charge in [0.1, 0.15) is 0 Å². The molecule has 0 N–H and O–H groups in total. The Morgan fingerprint density at radius 3 is 1.46 bits per heavy atom. The molecule has 5 heteroatoms. The van der Waals surface area contributed by atoms with Crippen molar-refractivity contribution in [2.45, 2.75) is 26.7 Å². The minimum atomic E-state index is -1.61. The third-order valence-electron chi connectivity index (χ3n) is 1.13. The van der Waals surface area contributed by atoms with Gasteiger partial charge in [0.2, 0.25) is 0 Å². The Bertz CT molecular complexity index is 112. The predicted octanol–water partition coefficient (Wildman–Crippen LogP) is 0.857. The molecule has 0 saturated heterocycles. The van der Waals surface area contributed by atoms with Crippen molar-refractivity contribution in [3.63, 3.8) is 0 Å². The second kappa shape index (κ2) is 8.84. The van der Waals surface area contributed by atoms with Crippen LogP contribution >= 0.6 is 0 Å². The summed E-state index contributed by atoms with van der Waals surface area (Å²) in [7, 11) is 0. The van der Waals surface area contributed by atoms with E-state index < -0.39 is 5.97 Å². The van der Waals surface area contributed by atoms with E-state index >= 15 is 0 Å². The zero-order valence-corrected chi connectivity index (χ0v) is 9.82. The van der Waals surface area contributed by atoms with E-state index in [0.717, 1.165) is 0 Å². The second-order valence-electron chi connectivity index (χ2n) is 1.96. The summed E-state index contributed by atoms with van der Waals surface area (Å²) in [6.45, 7) is 6.29. The number of rotatable bonds is 7. The summed E-state index contributed by atoms with van der Waals surface area (Å²) in [6.07, 6.45) is 1.60. The maximum absolute atomic E-state index is 10.5. The summed E-state index contributed by atoms with van der Waals surface area (Å²) < 4.78 is 15.0. The summed E-state index contributed by atoms with van der Waals surface area (Å²) in [5, 5.41) is 0. The average Bonchev–Trinajstić information content (AvgIpc) is 2.06. The molecule has 4 nitrogen and oxygen atoms in total. The minimum absolute atomic E-state index is 0. The van der Waals surface area contributed by atoms with Gasteiger partial charge >= 0.3 is 5.97 Å². The quantitative estimate of drug-likeness (QED) is 0.474. The monoisotopic (exact) mass is 223 g/mol. The number of hydrogen-bond donors (Lipinski definition) is 0. The molecule has 75 valence electrons. The van der Waals surface area contributed by atoms with Crippen molar-refractivity contribution in [2.24, 2.45) is 0 Å². The Labute approximate surface area is 93.8 Å². The molecule has 1 radical (unpaired) electrons. The van der Waals surface area contributed by atoms with E-state index in [-0.39, 0.29) is 21.7 Å². The van der Waals surface area contributed by atoms with Crippen LogP contribution in [0.3, 0.4) is 0 Å². The van der Waals surface area contributed by atoms with Crippen LogP contribution in [0.15, 0.2) is 0 Å². The SMILES string of the molecule is CCOC([C]=O)(OCC)OCC.[Ti]. The first kappa shape index (κ1) is 15.7. The molecule has 0 aromatic carbocycles. The molecule has 0 heterocycles. The van der Waals surface area contributed by atoms with E-state index in [9.17, 15) is 4.79 Å². The number of carbonyl (C=O) groups excluding carboxylic acids is 1. The number of hydrogen-bond acceptors (Lipinski definition) is 4. The Morgan fingerprint density at radius 2 is 1.31 bits per heavy atom. The molecule has 0 aliphatic carbocycles. The average molecular weight is 223 g/mol. The Hall–Kier alpha value is 0.264. The molecule has 0 amide bonds. The predicted molar refractivity (Wildman–Crippen MR) is 43.3 cm³/mol. The van der Waals surface area contributed by atoms with Gasteiger partial charge in [0, 0.05) is 21.7 Å². The molecule has 0 rings (SSSR count). The van der Waals surface area contributed by atoms with Crippen molar-refractivity contribution in [2.75, 3.05) is 19.8 Å². The second-order valence-corrected chi connectivity index (χ2v) is 1.96. The molecule has 0 fully saturated rings. The summed E-state index contributed by atoms with van der Waals surface area (Å²) in [6, 6.07) is 0. The van der Waals surface area contributed by atoms with E-state index in [1.165, 1.54) is 0 Å². The third kappa shape index (κ3) is 5.55. The molecule has 0 aromatic heterocycles. The van der Waals surface area contributed by atoms with Gasteiger partial charge in [0.25, 0.3) is 6.29 Å². The van der Waals surface area contributed by atoms with Gasteiger partial charge in [-0.2, -0.15) is 0 Å². The van der Waals surface area contributed by atoms with Crippen LogP contribution in [-0.2, 0) is 40.7 Å². The van der Waals surface area contributed by atoms with Gasteiger partial charge in [0.15, 0.2) is 0 Å². The van der Waals surface area contributed by atoms with Crippen LogP contribution in [0.4, 0.5) is 0 Å². The van der Waals surface area contributed by atoms with Gasteiger partial charge in [-0.3, -0.25) is 4.79 Å². The third-order valence-corrected chi connectivity index (χ3v) is 1.13. The summed E-state index contributed by atoms with van der Waals surface area (Å²) in [5.41, 5.74) is 0. The molecule has 13 heavy (non-hydrogen) atoms. The van der Waals surface area contributed by atoms with E-state index in [4.69, 9.17) is 14.2 Å². The van der Waals surface area contributed by atoms with Gasteiger partial charge in [0.05, 0.1) is 19.8 Å².